The molecule has 27 heavy (non-hydrogen) atoms. The molecule has 1 fully saturated rings. The first-order valence-electron chi connectivity index (χ1n) is 9.20. The average molecular weight is 380 g/mol. The number of hydrogen-bond acceptors (Lipinski definition) is 5. The molecule has 0 saturated carbocycles. The van der Waals surface area contributed by atoms with Crippen LogP contribution < -0.4 is 10.4 Å². The summed E-state index contributed by atoms with van der Waals surface area (Å²) in [5, 5.41) is 1.03. The molecule has 0 bridgehead atoms. The first-order valence-corrected chi connectivity index (χ1v) is 10.0. The zero-order chi connectivity index (χ0) is 19.4. The van der Waals surface area contributed by atoms with Gasteiger partial charge in [0.05, 0.1) is 21.4 Å². The van der Waals surface area contributed by atoms with Gasteiger partial charge in [0.2, 0.25) is 0 Å². The summed E-state index contributed by atoms with van der Waals surface area (Å²) in [4.78, 5) is 6.90. The minimum atomic E-state index is -0.343. The van der Waals surface area contributed by atoms with Crippen LogP contribution in [0.5, 0.6) is 0 Å². The third-order valence-corrected chi connectivity index (χ3v) is 6.64. The van der Waals surface area contributed by atoms with Crippen LogP contribution in [0.2, 0.25) is 0 Å². The largest absolute Gasteiger partial charge is 0.494 e. The van der Waals surface area contributed by atoms with Crippen molar-refractivity contribution in [3.63, 3.8) is 0 Å². The van der Waals surface area contributed by atoms with Gasteiger partial charge in [-0.15, -0.1) is 11.3 Å². The maximum atomic E-state index is 6.18. The summed E-state index contributed by atoms with van der Waals surface area (Å²) >= 11 is 1.70. The molecule has 4 rings (SSSR count). The predicted octanol–water partition coefficient (Wildman–Crippen LogP) is 4.33. The molecular weight excluding hydrogens is 355 g/mol. The Kier molecular flexibility index (Phi) is 4.33. The SMILES string of the molecule is CN(C)c1ccc(-c2nc3ccc(B4OC(C)(C)C(C)(C)O4)cc3s2)cc1. The first-order chi connectivity index (χ1) is 12.7. The Morgan fingerprint density at radius 3 is 2.15 bits per heavy atom. The second-order valence-electron chi connectivity index (χ2n) is 8.28. The van der Waals surface area contributed by atoms with Gasteiger partial charge in [-0.1, -0.05) is 6.07 Å². The summed E-state index contributed by atoms with van der Waals surface area (Å²) in [6.45, 7) is 8.31. The highest BCUT2D eigenvalue weighted by atomic mass is 32.1. The number of thiazole rings is 1. The standard InChI is InChI=1S/C21H25BN2O2S/c1-20(2)21(3,4)26-22(25-20)15-9-12-17-18(13-15)27-19(23-17)14-7-10-16(11-8-14)24(5)6/h7-13H,1-6H3. The minimum absolute atomic E-state index is 0.334. The normalized spacial score (nSPS) is 18.2. The third-order valence-electron chi connectivity index (χ3n) is 5.57. The number of aromatic nitrogens is 1. The van der Waals surface area contributed by atoms with Crippen molar-refractivity contribution in [1.29, 1.82) is 0 Å². The zero-order valence-corrected chi connectivity index (χ0v) is 17.6. The van der Waals surface area contributed by atoms with Crippen molar-refractivity contribution in [3.8, 4) is 10.6 Å². The Morgan fingerprint density at radius 1 is 0.926 bits per heavy atom. The van der Waals surface area contributed by atoms with Gasteiger partial charge in [0.25, 0.3) is 0 Å². The summed E-state index contributed by atoms with van der Waals surface area (Å²) in [6, 6.07) is 14.8. The van der Waals surface area contributed by atoms with Crippen LogP contribution in [-0.4, -0.2) is 37.4 Å². The molecule has 0 aliphatic carbocycles. The quantitative estimate of drug-likeness (QED) is 0.634. The number of nitrogens with zero attached hydrogens (tertiary/aromatic N) is 2. The molecule has 6 heteroatoms. The maximum absolute atomic E-state index is 6.18. The van der Waals surface area contributed by atoms with Crippen LogP contribution in [0.3, 0.4) is 0 Å². The Labute approximate surface area is 165 Å². The number of anilines is 1. The number of fused-ring (bicyclic) bond motifs is 1. The Hall–Kier alpha value is -1.89. The van der Waals surface area contributed by atoms with E-state index < -0.39 is 0 Å². The lowest BCUT2D eigenvalue weighted by atomic mass is 9.79. The van der Waals surface area contributed by atoms with E-state index in [1.165, 1.54) is 5.69 Å². The van der Waals surface area contributed by atoms with Crippen LogP contribution >= 0.6 is 11.3 Å². The van der Waals surface area contributed by atoms with Gasteiger partial charge in [-0.2, -0.15) is 0 Å². The molecule has 2 aromatic carbocycles. The van der Waals surface area contributed by atoms with Gasteiger partial charge in [-0.05, 0) is 69.6 Å². The van der Waals surface area contributed by atoms with E-state index in [0.29, 0.717) is 0 Å². The molecule has 1 aromatic heterocycles. The van der Waals surface area contributed by atoms with Crippen LogP contribution in [0.4, 0.5) is 5.69 Å². The van der Waals surface area contributed by atoms with Crippen molar-refractivity contribution >= 4 is 39.8 Å². The molecule has 0 radical (unpaired) electrons. The van der Waals surface area contributed by atoms with E-state index in [1.807, 2.05) is 14.1 Å². The smallest absolute Gasteiger partial charge is 0.399 e. The molecule has 2 heterocycles. The zero-order valence-electron chi connectivity index (χ0n) is 16.7. The molecule has 0 N–H and O–H groups in total. The molecular formula is C21H25BN2O2S. The molecule has 3 aromatic rings. The molecule has 0 spiro atoms. The highest BCUT2D eigenvalue weighted by Gasteiger charge is 2.51. The molecule has 1 aliphatic rings. The Bertz CT molecular complexity index is 964. The molecule has 0 atom stereocenters. The summed E-state index contributed by atoms with van der Waals surface area (Å²) in [7, 11) is 3.75. The van der Waals surface area contributed by atoms with Crippen molar-refractivity contribution in [3.05, 3.63) is 42.5 Å². The van der Waals surface area contributed by atoms with Crippen molar-refractivity contribution in [2.24, 2.45) is 0 Å². The highest BCUT2D eigenvalue weighted by Crippen LogP contribution is 2.37. The lowest BCUT2D eigenvalue weighted by molar-refractivity contribution is 0.00578. The van der Waals surface area contributed by atoms with E-state index in [2.05, 4.69) is 75.1 Å². The van der Waals surface area contributed by atoms with Crippen molar-refractivity contribution in [2.75, 3.05) is 19.0 Å². The summed E-state index contributed by atoms with van der Waals surface area (Å²) in [5.74, 6) is 0. The van der Waals surface area contributed by atoms with Crippen LogP contribution in [0.1, 0.15) is 27.7 Å². The predicted molar refractivity (Wildman–Crippen MR) is 115 cm³/mol. The molecule has 1 aliphatic heterocycles. The van der Waals surface area contributed by atoms with E-state index in [-0.39, 0.29) is 18.3 Å². The molecule has 0 unspecified atom stereocenters. The second-order valence-corrected chi connectivity index (χ2v) is 9.31. The Balaban J connectivity index is 1.65. The lowest BCUT2D eigenvalue weighted by Crippen LogP contribution is -2.41. The maximum Gasteiger partial charge on any atom is 0.494 e. The van der Waals surface area contributed by atoms with Crippen molar-refractivity contribution < 1.29 is 9.31 Å². The number of benzene rings is 2. The fourth-order valence-electron chi connectivity index (χ4n) is 3.09. The summed E-state index contributed by atoms with van der Waals surface area (Å²) in [6.07, 6.45) is 0. The monoisotopic (exact) mass is 380 g/mol. The minimum Gasteiger partial charge on any atom is -0.399 e. The fourth-order valence-corrected chi connectivity index (χ4v) is 4.11. The number of hydrogen-bond donors (Lipinski definition) is 0. The van der Waals surface area contributed by atoms with E-state index >= 15 is 0 Å². The molecule has 0 amide bonds. The van der Waals surface area contributed by atoms with Gasteiger partial charge in [-0.25, -0.2) is 4.98 Å². The van der Waals surface area contributed by atoms with Crippen molar-refractivity contribution in [2.45, 2.75) is 38.9 Å². The fraction of sp³-hybridized carbons (Fsp3) is 0.381. The van der Waals surface area contributed by atoms with E-state index in [0.717, 1.165) is 26.3 Å². The van der Waals surface area contributed by atoms with Crippen LogP contribution in [-0.2, 0) is 9.31 Å². The van der Waals surface area contributed by atoms with Gasteiger partial charge in [0.1, 0.15) is 5.01 Å². The molecule has 140 valence electrons. The third kappa shape index (κ3) is 3.26. The lowest BCUT2D eigenvalue weighted by Gasteiger charge is -2.32. The van der Waals surface area contributed by atoms with Gasteiger partial charge < -0.3 is 14.2 Å². The van der Waals surface area contributed by atoms with E-state index in [9.17, 15) is 0 Å². The highest BCUT2D eigenvalue weighted by molar-refractivity contribution is 7.21. The van der Waals surface area contributed by atoms with Gasteiger partial charge in [-0.3, -0.25) is 0 Å². The van der Waals surface area contributed by atoms with Crippen LogP contribution in [0, 0.1) is 0 Å². The van der Waals surface area contributed by atoms with Crippen LogP contribution in [0.25, 0.3) is 20.8 Å². The number of rotatable bonds is 3. The molecule has 4 nitrogen and oxygen atoms in total. The Morgan fingerprint density at radius 2 is 1.56 bits per heavy atom. The summed E-state index contributed by atoms with van der Waals surface area (Å²) in [5.41, 5.74) is 3.70. The van der Waals surface area contributed by atoms with Crippen molar-refractivity contribution in [1.82, 2.24) is 4.98 Å². The average Bonchev–Trinajstić information content (AvgIpc) is 3.12. The van der Waals surface area contributed by atoms with Gasteiger partial charge in [0.15, 0.2) is 0 Å². The summed E-state index contributed by atoms with van der Waals surface area (Å²) < 4.78 is 13.5. The first kappa shape index (κ1) is 18.5. The van der Waals surface area contributed by atoms with Gasteiger partial charge >= 0.3 is 7.12 Å². The molecule has 1 saturated heterocycles. The van der Waals surface area contributed by atoms with Crippen LogP contribution in [0.15, 0.2) is 42.5 Å². The van der Waals surface area contributed by atoms with Gasteiger partial charge in [0, 0.05) is 25.3 Å². The van der Waals surface area contributed by atoms with E-state index in [1.54, 1.807) is 11.3 Å². The topological polar surface area (TPSA) is 34.6 Å². The van der Waals surface area contributed by atoms with E-state index in [4.69, 9.17) is 14.3 Å². The second kappa shape index (κ2) is 6.33.